The molecule has 2 atom stereocenters. The zero-order valence-electron chi connectivity index (χ0n) is 18.7. The minimum absolute atomic E-state index is 0.122. The molecular weight excluding hydrogens is 446 g/mol. The molecule has 4 rings (SSSR count). The molecule has 10 nitrogen and oxygen atoms in total. The molecule has 1 aromatic rings. The van der Waals surface area contributed by atoms with Gasteiger partial charge in [-0.25, -0.2) is 4.98 Å². The molecule has 3 N–H and O–H groups in total. The molecular formula is C22H28ClN7O3. The van der Waals surface area contributed by atoms with Gasteiger partial charge in [0, 0.05) is 51.4 Å². The summed E-state index contributed by atoms with van der Waals surface area (Å²) in [7, 11) is 1.52. The van der Waals surface area contributed by atoms with Gasteiger partial charge in [-0.2, -0.15) is 4.98 Å². The van der Waals surface area contributed by atoms with Crippen molar-refractivity contribution in [1.82, 2.24) is 25.5 Å². The topological polar surface area (TPSA) is 112 Å². The number of likely N-dealkylation sites (N-methyl/N-ethyl adjacent to an activating group) is 2. The van der Waals surface area contributed by atoms with E-state index in [9.17, 15) is 9.59 Å². The number of carbonyl (C=O) groups is 2. The molecule has 0 radical (unpaired) electrons. The number of piperazine rings is 1. The Bertz CT molecular complexity index is 1000. The lowest BCUT2D eigenvalue weighted by atomic mass is 9.88. The first-order valence-electron chi connectivity index (χ1n) is 11.0. The maximum atomic E-state index is 12.8. The van der Waals surface area contributed by atoms with E-state index in [1.807, 2.05) is 25.2 Å². The maximum absolute atomic E-state index is 12.8. The molecule has 3 aliphatic rings. The smallest absolute Gasteiger partial charge is 0.289 e. The molecule has 1 aromatic heterocycles. The molecule has 0 bridgehead atoms. The van der Waals surface area contributed by atoms with Crippen LogP contribution in [-0.2, 0) is 14.3 Å². The van der Waals surface area contributed by atoms with E-state index in [2.05, 4.69) is 30.8 Å². The number of nitrogens with one attached hydrogen (secondary N) is 3. The lowest BCUT2D eigenvalue weighted by Gasteiger charge is -2.38. The highest BCUT2D eigenvalue weighted by Crippen LogP contribution is 2.31. The molecule has 2 aliphatic heterocycles. The molecule has 2 amide bonds. The van der Waals surface area contributed by atoms with Crippen molar-refractivity contribution in [3.63, 3.8) is 0 Å². The van der Waals surface area contributed by atoms with Gasteiger partial charge in [0.15, 0.2) is 18.2 Å². The monoisotopic (exact) mass is 473 g/mol. The lowest BCUT2D eigenvalue weighted by molar-refractivity contribution is -0.135. The number of amides is 2. The molecule has 33 heavy (non-hydrogen) atoms. The van der Waals surface area contributed by atoms with E-state index < -0.39 is 0 Å². The van der Waals surface area contributed by atoms with Gasteiger partial charge < -0.3 is 30.5 Å². The molecule has 2 unspecified atom stereocenters. The quantitative estimate of drug-likeness (QED) is 0.535. The average molecular weight is 474 g/mol. The number of rotatable bonds is 7. The molecule has 3 heterocycles. The molecule has 176 valence electrons. The average Bonchev–Trinajstić information content (AvgIpc) is 2.84. The van der Waals surface area contributed by atoms with Crippen LogP contribution in [0.2, 0.25) is 5.02 Å². The van der Waals surface area contributed by atoms with Gasteiger partial charge in [-0.15, -0.1) is 0 Å². The SMILES string of the molecule is CCN1C(=O)C(OCC(=O)NC)=CC2C=C(Nc3nc(N4CCNCC4)ncc3Cl)C=CC21. The van der Waals surface area contributed by atoms with Crippen LogP contribution in [0.5, 0.6) is 0 Å². The largest absolute Gasteiger partial charge is 0.478 e. The van der Waals surface area contributed by atoms with Gasteiger partial charge in [0.1, 0.15) is 5.02 Å². The molecule has 1 fully saturated rings. The highest BCUT2D eigenvalue weighted by molar-refractivity contribution is 6.32. The first kappa shape index (κ1) is 23.1. The summed E-state index contributed by atoms with van der Waals surface area (Å²) in [6.07, 6.45) is 9.27. The summed E-state index contributed by atoms with van der Waals surface area (Å²) in [5, 5.41) is 9.51. The van der Waals surface area contributed by atoms with Gasteiger partial charge in [0.05, 0.1) is 12.2 Å². The third kappa shape index (κ3) is 5.12. The number of halogens is 1. The van der Waals surface area contributed by atoms with Crippen LogP contribution >= 0.6 is 11.6 Å². The van der Waals surface area contributed by atoms with E-state index in [0.717, 1.165) is 31.9 Å². The van der Waals surface area contributed by atoms with Crippen molar-refractivity contribution in [2.24, 2.45) is 5.92 Å². The van der Waals surface area contributed by atoms with E-state index in [4.69, 9.17) is 16.3 Å². The molecule has 11 heteroatoms. The van der Waals surface area contributed by atoms with Crippen molar-refractivity contribution >= 4 is 35.2 Å². The van der Waals surface area contributed by atoms with Gasteiger partial charge in [0.2, 0.25) is 5.95 Å². The van der Waals surface area contributed by atoms with Crippen molar-refractivity contribution in [3.8, 4) is 0 Å². The van der Waals surface area contributed by atoms with Crippen molar-refractivity contribution in [1.29, 1.82) is 0 Å². The molecule has 1 saturated heterocycles. The minimum atomic E-state index is -0.297. The maximum Gasteiger partial charge on any atom is 0.289 e. The number of hydrogen-bond donors (Lipinski definition) is 3. The number of carbonyl (C=O) groups excluding carboxylic acids is 2. The number of allylic oxidation sites excluding steroid dienone is 1. The fourth-order valence-electron chi connectivity index (χ4n) is 4.04. The highest BCUT2D eigenvalue weighted by Gasteiger charge is 2.36. The number of hydrogen-bond acceptors (Lipinski definition) is 8. The zero-order valence-corrected chi connectivity index (χ0v) is 19.4. The summed E-state index contributed by atoms with van der Waals surface area (Å²) in [6, 6.07) is -0.127. The standard InChI is InChI=1S/C22H28ClN7O3/c1-3-30-17-5-4-15(10-14(17)11-18(21(30)32)33-13-19(31)24-2)27-20-16(23)12-26-22(28-20)29-8-6-25-7-9-29/h4-5,10-12,14,17,25H,3,6-9,13H2,1-2H3,(H,24,31)(H,26,27,28). The Hall–Kier alpha value is -3.11. The second kappa shape index (κ2) is 10.2. The summed E-state index contributed by atoms with van der Waals surface area (Å²) < 4.78 is 5.52. The van der Waals surface area contributed by atoms with Crippen molar-refractivity contribution in [3.05, 3.63) is 47.0 Å². The molecule has 0 spiro atoms. The Labute approximate surface area is 197 Å². The van der Waals surface area contributed by atoms with Crippen molar-refractivity contribution in [2.75, 3.05) is 56.6 Å². The third-order valence-corrected chi connectivity index (χ3v) is 6.06. The third-order valence-electron chi connectivity index (χ3n) is 5.79. The van der Waals surface area contributed by atoms with Crippen LogP contribution < -0.4 is 20.9 Å². The van der Waals surface area contributed by atoms with Gasteiger partial charge in [0.25, 0.3) is 11.8 Å². The second-order valence-electron chi connectivity index (χ2n) is 7.86. The van der Waals surface area contributed by atoms with Crippen molar-refractivity contribution in [2.45, 2.75) is 13.0 Å². The number of ether oxygens (including phenoxy) is 1. The van der Waals surface area contributed by atoms with Gasteiger partial charge in [-0.05, 0) is 19.1 Å². The van der Waals surface area contributed by atoms with Crippen LogP contribution in [0.1, 0.15) is 6.92 Å². The van der Waals surface area contributed by atoms with Crippen LogP contribution in [0.3, 0.4) is 0 Å². The van der Waals surface area contributed by atoms with Crippen LogP contribution in [0.4, 0.5) is 11.8 Å². The zero-order chi connectivity index (χ0) is 23.4. The van der Waals surface area contributed by atoms with Crippen LogP contribution in [0.15, 0.2) is 42.0 Å². The summed E-state index contributed by atoms with van der Waals surface area (Å²) in [4.78, 5) is 37.2. The van der Waals surface area contributed by atoms with E-state index in [1.165, 1.54) is 7.05 Å². The number of nitrogens with zero attached hydrogens (tertiary/aromatic N) is 4. The summed E-state index contributed by atoms with van der Waals surface area (Å²) in [5.41, 5.74) is 0.801. The molecule has 0 aromatic carbocycles. The fraction of sp³-hybridized carbons (Fsp3) is 0.455. The Kier molecular flexibility index (Phi) is 7.14. The van der Waals surface area contributed by atoms with Crippen LogP contribution in [0.25, 0.3) is 0 Å². The molecule has 1 aliphatic carbocycles. The van der Waals surface area contributed by atoms with E-state index >= 15 is 0 Å². The van der Waals surface area contributed by atoms with E-state index in [-0.39, 0.29) is 36.1 Å². The predicted molar refractivity (Wildman–Crippen MR) is 126 cm³/mol. The summed E-state index contributed by atoms with van der Waals surface area (Å²) in [5.74, 6) is 0.683. The van der Waals surface area contributed by atoms with Gasteiger partial charge >= 0.3 is 0 Å². The highest BCUT2D eigenvalue weighted by atomic mass is 35.5. The second-order valence-corrected chi connectivity index (χ2v) is 8.27. The summed E-state index contributed by atoms with van der Waals surface area (Å²) >= 11 is 6.37. The predicted octanol–water partition coefficient (Wildman–Crippen LogP) is 0.899. The Morgan fingerprint density at radius 3 is 2.85 bits per heavy atom. The fourth-order valence-corrected chi connectivity index (χ4v) is 4.17. The Balaban J connectivity index is 1.54. The van der Waals surface area contributed by atoms with E-state index in [0.29, 0.717) is 23.3 Å². The normalized spacial score (nSPS) is 22.3. The minimum Gasteiger partial charge on any atom is -0.478 e. The molecule has 0 saturated carbocycles. The first-order chi connectivity index (χ1) is 16.0. The number of fused-ring (bicyclic) bond motifs is 1. The first-order valence-corrected chi connectivity index (χ1v) is 11.4. The van der Waals surface area contributed by atoms with Crippen LogP contribution in [0, 0.1) is 5.92 Å². The lowest BCUT2D eigenvalue weighted by Crippen LogP contribution is -2.48. The van der Waals surface area contributed by atoms with Crippen molar-refractivity contribution < 1.29 is 14.3 Å². The van der Waals surface area contributed by atoms with Gasteiger partial charge in [-0.1, -0.05) is 23.8 Å². The van der Waals surface area contributed by atoms with E-state index in [1.54, 1.807) is 17.2 Å². The van der Waals surface area contributed by atoms with Crippen LogP contribution in [-0.4, -0.2) is 79.1 Å². The Morgan fingerprint density at radius 2 is 2.12 bits per heavy atom. The Morgan fingerprint density at radius 1 is 1.33 bits per heavy atom. The number of anilines is 2. The summed E-state index contributed by atoms with van der Waals surface area (Å²) in [6.45, 7) is 5.66. The van der Waals surface area contributed by atoms with Gasteiger partial charge in [-0.3, -0.25) is 9.59 Å². The number of aromatic nitrogens is 2.